The van der Waals surface area contributed by atoms with E-state index in [-0.39, 0.29) is 5.57 Å². The molecule has 0 rings (SSSR count). The van der Waals surface area contributed by atoms with Crippen molar-refractivity contribution in [2.75, 3.05) is 0 Å². The summed E-state index contributed by atoms with van der Waals surface area (Å²) < 4.78 is 37.5. The molecule has 0 atom stereocenters. The van der Waals surface area contributed by atoms with Crippen molar-refractivity contribution in [3.8, 4) is 0 Å². The van der Waals surface area contributed by atoms with Gasteiger partial charge < -0.3 is 0 Å². The van der Waals surface area contributed by atoms with E-state index in [4.69, 9.17) is 0 Å². The van der Waals surface area contributed by atoms with Crippen molar-refractivity contribution >= 4 is 0 Å². The van der Waals surface area contributed by atoms with E-state index in [1.54, 1.807) is 6.92 Å². The quantitative estimate of drug-likeness (QED) is 0.602. The Hall–Kier alpha value is -1.25. The van der Waals surface area contributed by atoms with Gasteiger partial charge in [-0.1, -0.05) is 30.9 Å². The summed E-state index contributed by atoms with van der Waals surface area (Å²) in [4.78, 5) is 0. The van der Waals surface area contributed by atoms with Crippen molar-refractivity contribution in [3.63, 3.8) is 0 Å². The predicted octanol–water partition coefficient (Wildman–Crippen LogP) is 4.18. The van der Waals surface area contributed by atoms with Crippen molar-refractivity contribution in [3.05, 3.63) is 48.1 Å². The number of allylic oxidation sites excluding steroid dienone is 6. The molecule has 0 unspecified atom stereocenters. The minimum Gasteiger partial charge on any atom is -0.166 e. The van der Waals surface area contributed by atoms with E-state index >= 15 is 0 Å². The zero-order chi connectivity index (χ0) is 11.4. The van der Waals surface area contributed by atoms with Gasteiger partial charge in [0.15, 0.2) is 0 Å². The molecule has 0 fully saturated rings. The molecule has 78 valence electrons. The normalized spacial score (nSPS) is 14.1. The maximum absolute atomic E-state index is 12.5. The molecule has 0 heterocycles. The van der Waals surface area contributed by atoms with E-state index in [9.17, 15) is 13.2 Å². The fraction of sp³-hybridized carbons (Fsp3) is 0.273. The zero-order valence-corrected chi connectivity index (χ0v) is 8.28. The van der Waals surface area contributed by atoms with Gasteiger partial charge in [-0.3, -0.25) is 0 Å². The van der Waals surface area contributed by atoms with E-state index in [1.165, 1.54) is 13.0 Å². The molecule has 0 saturated carbocycles. The number of halogens is 3. The van der Waals surface area contributed by atoms with Crippen LogP contribution in [0.3, 0.4) is 0 Å². The lowest BCUT2D eigenvalue weighted by atomic mass is 9.99. The molecule has 0 aliphatic rings. The Bertz CT molecular complexity index is 290. The molecule has 0 aliphatic carbocycles. The Morgan fingerprint density at radius 2 is 1.79 bits per heavy atom. The Morgan fingerprint density at radius 1 is 1.29 bits per heavy atom. The van der Waals surface area contributed by atoms with Gasteiger partial charge in [0.05, 0.1) is 5.57 Å². The van der Waals surface area contributed by atoms with Gasteiger partial charge in [0.25, 0.3) is 0 Å². The number of alkyl halides is 3. The van der Waals surface area contributed by atoms with Gasteiger partial charge in [0.1, 0.15) is 0 Å². The van der Waals surface area contributed by atoms with Crippen LogP contribution in [-0.4, -0.2) is 6.18 Å². The molecule has 0 spiro atoms. The molecule has 0 aromatic carbocycles. The van der Waals surface area contributed by atoms with Crippen LogP contribution in [-0.2, 0) is 0 Å². The van der Waals surface area contributed by atoms with E-state index in [2.05, 4.69) is 13.2 Å². The highest BCUT2D eigenvalue weighted by Crippen LogP contribution is 2.33. The fourth-order valence-electron chi connectivity index (χ4n) is 1.09. The molecule has 0 aromatic rings. The van der Waals surface area contributed by atoms with E-state index in [1.807, 2.05) is 0 Å². The van der Waals surface area contributed by atoms with Crippen LogP contribution in [0.2, 0.25) is 0 Å². The van der Waals surface area contributed by atoms with Crippen LogP contribution in [0.5, 0.6) is 0 Å². The maximum Gasteiger partial charge on any atom is 0.416 e. The molecule has 0 nitrogen and oxygen atoms in total. The highest BCUT2D eigenvalue weighted by atomic mass is 19.4. The minimum absolute atomic E-state index is 0.109. The third-order valence-corrected chi connectivity index (χ3v) is 1.63. The van der Waals surface area contributed by atoms with Crippen LogP contribution < -0.4 is 0 Å². The number of rotatable bonds is 3. The molecule has 0 aliphatic heterocycles. The van der Waals surface area contributed by atoms with Gasteiger partial charge in [-0.15, -0.1) is 0 Å². The van der Waals surface area contributed by atoms with Gasteiger partial charge in [0.2, 0.25) is 0 Å². The van der Waals surface area contributed by atoms with Gasteiger partial charge in [-0.25, -0.2) is 0 Å². The summed E-state index contributed by atoms with van der Waals surface area (Å²) in [5.41, 5.74) is -0.210. The smallest absolute Gasteiger partial charge is 0.166 e. The lowest BCUT2D eigenvalue weighted by molar-refractivity contribution is -0.0891. The monoisotopic (exact) mass is 202 g/mol. The first-order chi connectivity index (χ1) is 6.34. The van der Waals surface area contributed by atoms with Crippen LogP contribution in [0.25, 0.3) is 0 Å². The topological polar surface area (TPSA) is 0 Å². The Kier molecular flexibility index (Phi) is 4.41. The molecule has 0 saturated heterocycles. The van der Waals surface area contributed by atoms with E-state index < -0.39 is 11.7 Å². The second kappa shape index (κ2) is 4.84. The molecule has 0 bridgehead atoms. The van der Waals surface area contributed by atoms with Gasteiger partial charge >= 0.3 is 6.18 Å². The van der Waals surface area contributed by atoms with E-state index in [0.717, 1.165) is 12.2 Å². The number of hydrogen-bond donors (Lipinski definition) is 0. The summed E-state index contributed by atoms with van der Waals surface area (Å²) in [5, 5.41) is 0. The standard InChI is InChI=1S/C11H13F3/c1-5-7-10(11(12,13)14)9(6-2)8(3)4/h5-7H,1,3H2,2,4H3/b9-6-,10-7+. The zero-order valence-electron chi connectivity index (χ0n) is 8.28. The summed E-state index contributed by atoms with van der Waals surface area (Å²) >= 11 is 0. The minimum atomic E-state index is -4.37. The lowest BCUT2D eigenvalue weighted by Crippen LogP contribution is -2.14. The summed E-state index contributed by atoms with van der Waals surface area (Å²) in [7, 11) is 0. The largest absolute Gasteiger partial charge is 0.416 e. The van der Waals surface area contributed by atoms with Gasteiger partial charge in [0, 0.05) is 0 Å². The molecule has 0 radical (unpaired) electrons. The van der Waals surface area contributed by atoms with Crippen LogP contribution in [0.15, 0.2) is 48.1 Å². The third kappa shape index (κ3) is 3.24. The third-order valence-electron chi connectivity index (χ3n) is 1.63. The highest BCUT2D eigenvalue weighted by Gasteiger charge is 2.35. The maximum atomic E-state index is 12.5. The molecule has 0 aromatic heterocycles. The fourth-order valence-corrected chi connectivity index (χ4v) is 1.09. The van der Waals surface area contributed by atoms with Crippen LogP contribution in [0, 0.1) is 0 Å². The molecular formula is C11H13F3. The van der Waals surface area contributed by atoms with E-state index in [0.29, 0.717) is 5.57 Å². The van der Waals surface area contributed by atoms with Gasteiger partial charge in [-0.05, 0) is 25.5 Å². The second-order valence-corrected chi connectivity index (χ2v) is 2.80. The first-order valence-electron chi connectivity index (χ1n) is 4.07. The molecule has 0 amide bonds. The average molecular weight is 202 g/mol. The van der Waals surface area contributed by atoms with Crippen molar-refractivity contribution in [2.45, 2.75) is 20.0 Å². The summed E-state index contributed by atoms with van der Waals surface area (Å²) in [6.45, 7) is 9.84. The highest BCUT2D eigenvalue weighted by molar-refractivity contribution is 5.47. The second-order valence-electron chi connectivity index (χ2n) is 2.80. The predicted molar refractivity (Wildman–Crippen MR) is 52.9 cm³/mol. The van der Waals surface area contributed by atoms with Gasteiger partial charge in [-0.2, -0.15) is 13.2 Å². The number of hydrogen-bond acceptors (Lipinski definition) is 0. The molecule has 14 heavy (non-hydrogen) atoms. The first kappa shape index (κ1) is 12.8. The summed E-state index contributed by atoms with van der Waals surface area (Å²) in [6, 6.07) is 0. The average Bonchev–Trinajstić information content (AvgIpc) is 2.02. The summed E-state index contributed by atoms with van der Waals surface area (Å²) in [5.74, 6) is 0. The first-order valence-corrected chi connectivity index (χ1v) is 4.07. The summed E-state index contributed by atoms with van der Waals surface area (Å²) in [6.07, 6.45) is -0.903. The Balaban J connectivity index is 5.34. The van der Waals surface area contributed by atoms with Crippen molar-refractivity contribution in [2.24, 2.45) is 0 Å². The lowest BCUT2D eigenvalue weighted by Gasteiger charge is -2.14. The van der Waals surface area contributed by atoms with Crippen LogP contribution >= 0.6 is 0 Å². The Morgan fingerprint density at radius 3 is 2.00 bits per heavy atom. The molecule has 3 heteroatoms. The van der Waals surface area contributed by atoms with Crippen molar-refractivity contribution < 1.29 is 13.2 Å². The molecular weight excluding hydrogens is 189 g/mol. The van der Waals surface area contributed by atoms with Crippen LogP contribution in [0.1, 0.15) is 13.8 Å². The molecule has 0 N–H and O–H groups in total. The van der Waals surface area contributed by atoms with Crippen LogP contribution in [0.4, 0.5) is 13.2 Å². The SMILES string of the molecule is C=C/C=C(\C(=C/C)C(=C)C)C(F)(F)F. The Labute approximate surface area is 82.1 Å². The van der Waals surface area contributed by atoms with Crippen molar-refractivity contribution in [1.82, 2.24) is 0 Å². The van der Waals surface area contributed by atoms with Crippen molar-refractivity contribution in [1.29, 1.82) is 0 Å².